The minimum absolute atomic E-state index is 0. The molecule has 0 aliphatic carbocycles. The molecule has 1 rings (SSSR count). The lowest BCUT2D eigenvalue weighted by atomic mass is 10.9. The van der Waals surface area contributed by atoms with Crippen molar-refractivity contribution < 1.29 is 0 Å². The maximum atomic E-state index is 5.21. The van der Waals surface area contributed by atoms with E-state index in [-0.39, 0.29) is 12.4 Å². The van der Waals surface area contributed by atoms with Crippen molar-refractivity contribution in [3.8, 4) is 0 Å². The smallest absolute Gasteiger partial charge is 0.175 e. The number of rotatable bonds is 0. The van der Waals surface area contributed by atoms with Crippen molar-refractivity contribution in [3.63, 3.8) is 0 Å². The Morgan fingerprint density at radius 2 is 2.33 bits per heavy atom. The van der Waals surface area contributed by atoms with Crippen LogP contribution in [-0.2, 0) is 0 Å². The van der Waals surface area contributed by atoms with Gasteiger partial charge in [-0.3, -0.25) is 4.57 Å². The number of nitrogens with zero attached hydrogens (tertiary/aromatic N) is 2. The third-order valence-electron chi connectivity index (χ3n) is 0.759. The van der Waals surface area contributed by atoms with Crippen LogP contribution in [0.15, 0.2) is 18.7 Å². The van der Waals surface area contributed by atoms with Gasteiger partial charge in [-0.1, -0.05) is 0 Å². The summed E-state index contributed by atoms with van der Waals surface area (Å²) in [5.74, 6) is 0. The van der Waals surface area contributed by atoms with Crippen molar-refractivity contribution in [1.29, 1.82) is 0 Å². The topological polar surface area (TPSA) is 43.8 Å². The Labute approximate surface area is 64.3 Å². The van der Waals surface area contributed by atoms with E-state index in [0.29, 0.717) is 5.11 Å². The maximum absolute atomic E-state index is 5.21. The van der Waals surface area contributed by atoms with Gasteiger partial charge >= 0.3 is 0 Å². The van der Waals surface area contributed by atoms with E-state index in [1.807, 2.05) is 0 Å². The molecular weight excluding hydrogens is 158 g/mol. The average Bonchev–Trinajstić information content (AvgIpc) is 2.12. The minimum atomic E-state index is 0. The molecule has 0 aliphatic heterocycles. The van der Waals surface area contributed by atoms with Gasteiger partial charge in [0.1, 0.15) is 6.33 Å². The Hall–Kier alpha value is -0.610. The summed E-state index contributed by atoms with van der Waals surface area (Å²) in [6, 6.07) is 0. The van der Waals surface area contributed by atoms with Crippen molar-refractivity contribution in [1.82, 2.24) is 9.55 Å². The normalized spacial score (nSPS) is 8.00. The van der Waals surface area contributed by atoms with Gasteiger partial charge in [0.15, 0.2) is 5.11 Å². The van der Waals surface area contributed by atoms with Crippen molar-refractivity contribution >= 4 is 29.7 Å². The highest BCUT2D eigenvalue weighted by Gasteiger charge is 1.86. The second-order valence-electron chi connectivity index (χ2n) is 1.31. The Bertz CT molecular complexity index is 184. The first-order chi connectivity index (χ1) is 3.80. The predicted octanol–water partition coefficient (Wildman–Crippen LogP) is 0.397. The van der Waals surface area contributed by atoms with Gasteiger partial charge in [-0.05, 0) is 12.2 Å². The van der Waals surface area contributed by atoms with Crippen LogP contribution in [0.25, 0.3) is 0 Å². The van der Waals surface area contributed by atoms with E-state index in [1.54, 1.807) is 23.3 Å². The Balaban J connectivity index is 0.000000640. The van der Waals surface area contributed by atoms with Crippen LogP contribution in [0.3, 0.4) is 0 Å². The molecule has 1 aromatic rings. The van der Waals surface area contributed by atoms with Gasteiger partial charge in [-0.15, -0.1) is 12.4 Å². The zero-order valence-corrected chi connectivity index (χ0v) is 6.15. The number of imidazole rings is 1. The molecule has 9 heavy (non-hydrogen) atoms. The van der Waals surface area contributed by atoms with E-state index >= 15 is 0 Å². The lowest BCUT2D eigenvalue weighted by molar-refractivity contribution is 1.14. The molecule has 0 aliphatic rings. The lowest BCUT2D eigenvalue weighted by Gasteiger charge is -1.91. The van der Waals surface area contributed by atoms with E-state index in [2.05, 4.69) is 17.2 Å². The third kappa shape index (κ3) is 1.99. The molecule has 0 aromatic carbocycles. The molecule has 0 bridgehead atoms. The summed E-state index contributed by atoms with van der Waals surface area (Å²) in [5, 5.41) is 0.322. The Kier molecular flexibility index (Phi) is 3.19. The molecule has 0 radical (unpaired) electrons. The van der Waals surface area contributed by atoms with Gasteiger partial charge < -0.3 is 5.73 Å². The highest BCUT2D eigenvalue weighted by Crippen LogP contribution is 1.80. The molecule has 1 heterocycles. The fourth-order valence-corrected chi connectivity index (χ4v) is 0.497. The summed E-state index contributed by atoms with van der Waals surface area (Å²) >= 11 is 4.62. The molecule has 3 nitrogen and oxygen atoms in total. The Morgan fingerprint density at radius 1 is 1.67 bits per heavy atom. The van der Waals surface area contributed by atoms with Crippen LogP contribution >= 0.6 is 24.6 Å². The second kappa shape index (κ2) is 3.42. The first-order valence-electron chi connectivity index (χ1n) is 2.08. The minimum Gasteiger partial charge on any atom is -0.376 e. The highest BCUT2D eigenvalue weighted by atomic mass is 35.5. The SMILES string of the molecule is Cl.NC(=S)n1ccnc1. The summed E-state index contributed by atoms with van der Waals surface area (Å²) in [6.45, 7) is 0. The van der Waals surface area contributed by atoms with Crippen LogP contribution in [0, 0.1) is 0 Å². The van der Waals surface area contributed by atoms with Gasteiger partial charge in [0.05, 0.1) is 0 Å². The van der Waals surface area contributed by atoms with Crippen LogP contribution in [0.2, 0.25) is 0 Å². The van der Waals surface area contributed by atoms with Crippen LogP contribution in [-0.4, -0.2) is 14.7 Å². The molecule has 0 spiro atoms. The van der Waals surface area contributed by atoms with Gasteiger partial charge in [0.2, 0.25) is 0 Å². The molecule has 0 saturated heterocycles. The van der Waals surface area contributed by atoms with Gasteiger partial charge in [0.25, 0.3) is 0 Å². The number of aromatic nitrogens is 2. The predicted molar refractivity (Wildman–Crippen MR) is 41.7 cm³/mol. The second-order valence-corrected chi connectivity index (χ2v) is 1.73. The summed E-state index contributed by atoms with van der Waals surface area (Å²) in [6.07, 6.45) is 4.88. The van der Waals surface area contributed by atoms with E-state index < -0.39 is 0 Å². The van der Waals surface area contributed by atoms with Crippen LogP contribution in [0.5, 0.6) is 0 Å². The molecule has 0 atom stereocenters. The highest BCUT2D eigenvalue weighted by molar-refractivity contribution is 7.80. The molecule has 0 fully saturated rings. The van der Waals surface area contributed by atoms with E-state index in [1.165, 1.54) is 0 Å². The number of hydrogen-bond acceptors (Lipinski definition) is 2. The van der Waals surface area contributed by atoms with E-state index in [4.69, 9.17) is 5.73 Å². The fraction of sp³-hybridized carbons (Fsp3) is 0. The zero-order chi connectivity index (χ0) is 5.98. The standard InChI is InChI=1S/C4H5N3S.ClH/c5-4(8)7-2-1-6-3-7;/h1-3H,(H2,5,8);1H. The van der Waals surface area contributed by atoms with Crippen molar-refractivity contribution in [2.45, 2.75) is 0 Å². The number of nitrogens with two attached hydrogens (primary N) is 1. The molecule has 1 aromatic heterocycles. The zero-order valence-electron chi connectivity index (χ0n) is 4.52. The van der Waals surface area contributed by atoms with Crippen LogP contribution in [0.1, 0.15) is 0 Å². The van der Waals surface area contributed by atoms with Gasteiger partial charge in [-0.2, -0.15) is 0 Å². The largest absolute Gasteiger partial charge is 0.376 e. The number of hydrogen-bond donors (Lipinski definition) is 1. The van der Waals surface area contributed by atoms with Crippen LogP contribution in [0.4, 0.5) is 0 Å². The summed E-state index contributed by atoms with van der Waals surface area (Å²) in [4.78, 5) is 3.74. The van der Waals surface area contributed by atoms with Crippen molar-refractivity contribution in [2.75, 3.05) is 0 Å². The summed E-state index contributed by atoms with van der Waals surface area (Å²) < 4.78 is 1.56. The summed E-state index contributed by atoms with van der Waals surface area (Å²) in [7, 11) is 0. The molecule has 0 saturated carbocycles. The molecule has 5 heteroatoms. The van der Waals surface area contributed by atoms with E-state index in [0.717, 1.165) is 0 Å². The first kappa shape index (κ1) is 8.39. The molecule has 0 amide bonds. The fourth-order valence-electron chi connectivity index (χ4n) is 0.389. The number of halogens is 1. The van der Waals surface area contributed by atoms with Gasteiger partial charge in [-0.25, -0.2) is 4.98 Å². The molecule has 0 unspecified atom stereocenters. The first-order valence-corrected chi connectivity index (χ1v) is 2.49. The summed E-state index contributed by atoms with van der Waals surface area (Å²) in [5.41, 5.74) is 5.21. The lowest BCUT2D eigenvalue weighted by Crippen LogP contribution is -2.16. The molecule has 2 N–H and O–H groups in total. The molecular formula is C4H6ClN3S. The van der Waals surface area contributed by atoms with Crippen molar-refractivity contribution in [3.05, 3.63) is 18.7 Å². The molecule has 50 valence electrons. The maximum Gasteiger partial charge on any atom is 0.175 e. The van der Waals surface area contributed by atoms with E-state index in [9.17, 15) is 0 Å². The monoisotopic (exact) mass is 163 g/mol. The van der Waals surface area contributed by atoms with Gasteiger partial charge in [0, 0.05) is 12.4 Å². The average molecular weight is 164 g/mol. The third-order valence-corrected chi connectivity index (χ3v) is 0.970. The van der Waals surface area contributed by atoms with Crippen LogP contribution < -0.4 is 5.73 Å². The quantitative estimate of drug-likeness (QED) is 0.563. The number of thiocarbonyl (C=S) groups is 1. The Morgan fingerprint density at radius 3 is 2.56 bits per heavy atom. The van der Waals surface area contributed by atoms with Crippen molar-refractivity contribution in [2.24, 2.45) is 5.73 Å².